The summed E-state index contributed by atoms with van der Waals surface area (Å²) in [5.74, 6) is -0.177. The first-order valence-electron chi connectivity index (χ1n) is 10.3. The van der Waals surface area contributed by atoms with Crippen LogP contribution in [0.3, 0.4) is 0 Å². The Kier molecular flexibility index (Phi) is 19.9. The van der Waals surface area contributed by atoms with Gasteiger partial charge >= 0.3 is 23.9 Å². The fourth-order valence-electron chi connectivity index (χ4n) is 2.26. The van der Waals surface area contributed by atoms with Crippen LogP contribution >= 0.6 is 25.3 Å². The van der Waals surface area contributed by atoms with Gasteiger partial charge in [-0.2, -0.15) is 25.3 Å². The Morgan fingerprint density at radius 1 is 0.433 bits per heavy atom. The van der Waals surface area contributed by atoms with E-state index in [0.29, 0.717) is 63.2 Å². The highest BCUT2D eigenvalue weighted by Crippen LogP contribution is 2.05. The molecule has 0 rings (SSSR count). The number of carbonyl (C=O) groups is 4. The van der Waals surface area contributed by atoms with Crippen LogP contribution in [0.4, 0.5) is 0 Å². The van der Waals surface area contributed by atoms with Gasteiger partial charge in [0.25, 0.3) is 0 Å². The highest BCUT2D eigenvalue weighted by atomic mass is 32.1. The third kappa shape index (κ3) is 19.9. The van der Waals surface area contributed by atoms with Crippen LogP contribution in [-0.4, -0.2) is 61.8 Å². The molecule has 0 bridgehead atoms. The monoisotopic (exact) mass is 466 g/mol. The molecule has 0 aromatic rings. The second-order valence-electron chi connectivity index (χ2n) is 6.45. The smallest absolute Gasteiger partial charge is 0.305 e. The van der Waals surface area contributed by atoms with Gasteiger partial charge in [0.05, 0.1) is 13.2 Å². The van der Waals surface area contributed by atoms with Crippen LogP contribution < -0.4 is 0 Å². The van der Waals surface area contributed by atoms with Crippen molar-refractivity contribution in [3.05, 3.63) is 0 Å². The van der Waals surface area contributed by atoms with Crippen molar-refractivity contribution in [2.75, 3.05) is 37.9 Å². The zero-order chi connectivity index (χ0) is 22.5. The molecular weight excluding hydrogens is 432 g/mol. The third-order valence-electron chi connectivity index (χ3n) is 3.80. The Morgan fingerprint density at radius 3 is 0.967 bits per heavy atom. The van der Waals surface area contributed by atoms with E-state index in [4.69, 9.17) is 18.9 Å². The fourth-order valence-corrected chi connectivity index (χ4v) is 2.44. The first-order chi connectivity index (χ1) is 14.5. The second kappa shape index (κ2) is 20.8. The zero-order valence-corrected chi connectivity index (χ0v) is 19.3. The van der Waals surface area contributed by atoms with E-state index in [9.17, 15) is 19.2 Å². The van der Waals surface area contributed by atoms with Crippen molar-refractivity contribution in [3.63, 3.8) is 0 Å². The molecule has 0 saturated carbocycles. The lowest BCUT2D eigenvalue weighted by Gasteiger charge is -2.07. The maximum atomic E-state index is 11.6. The van der Waals surface area contributed by atoms with Crippen LogP contribution in [0.25, 0.3) is 0 Å². The quantitative estimate of drug-likeness (QED) is 0.130. The van der Waals surface area contributed by atoms with Crippen LogP contribution in [-0.2, 0) is 38.1 Å². The Morgan fingerprint density at radius 2 is 0.700 bits per heavy atom. The molecule has 0 radical (unpaired) electrons. The minimum atomic E-state index is -0.302. The van der Waals surface area contributed by atoms with E-state index in [2.05, 4.69) is 25.3 Å². The van der Waals surface area contributed by atoms with Crippen molar-refractivity contribution < 1.29 is 38.1 Å². The second-order valence-corrected chi connectivity index (χ2v) is 7.34. The molecule has 8 nitrogen and oxygen atoms in total. The summed E-state index contributed by atoms with van der Waals surface area (Å²) < 4.78 is 20.0. The molecule has 0 spiro atoms. The zero-order valence-electron chi connectivity index (χ0n) is 17.5. The summed E-state index contributed by atoms with van der Waals surface area (Å²) >= 11 is 7.90. The highest BCUT2D eigenvalue weighted by Gasteiger charge is 2.07. The summed E-state index contributed by atoms with van der Waals surface area (Å²) in [6.07, 6.45) is 4.59. The maximum Gasteiger partial charge on any atom is 0.305 e. The van der Waals surface area contributed by atoms with Gasteiger partial charge in [-0.3, -0.25) is 19.2 Å². The Bertz CT molecular complexity index is 455. The molecule has 0 amide bonds. The van der Waals surface area contributed by atoms with E-state index in [-0.39, 0.29) is 62.8 Å². The average Bonchev–Trinajstić information content (AvgIpc) is 2.73. The van der Waals surface area contributed by atoms with Crippen molar-refractivity contribution in [3.8, 4) is 0 Å². The van der Waals surface area contributed by atoms with Crippen molar-refractivity contribution in [2.24, 2.45) is 0 Å². The van der Waals surface area contributed by atoms with Gasteiger partial charge in [0, 0.05) is 37.2 Å². The molecule has 0 aliphatic heterocycles. The lowest BCUT2D eigenvalue weighted by molar-refractivity contribution is -0.146. The number of hydrogen-bond donors (Lipinski definition) is 2. The van der Waals surface area contributed by atoms with E-state index >= 15 is 0 Å². The first kappa shape index (κ1) is 28.6. The topological polar surface area (TPSA) is 105 Å². The summed E-state index contributed by atoms with van der Waals surface area (Å²) in [6, 6.07) is 0. The number of thiol groups is 2. The molecule has 0 aromatic heterocycles. The van der Waals surface area contributed by atoms with Crippen molar-refractivity contribution in [1.29, 1.82) is 0 Å². The standard InChI is InChI=1S/C20H34O8S2/c21-17(7-1-3-9-19(23)27-13-15-29)25-11-5-6-12-26-18(22)8-2-4-10-20(24)28-14-16-30/h29-30H,1-16H2. The van der Waals surface area contributed by atoms with Gasteiger partial charge in [0.15, 0.2) is 0 Å². The molecule has 0 aliphatic rings. The number of esters is 4. The van der Waals surface area contributed by atoms with Gasteiger partial charge in [0.1, 0.15) is 13.2 Å². The van der Waals surface area contributed by atoms with Gasteiger partial charge in [0.2, 0.25) is 0 Å². The molecule has 0 aliphatic carbocycles. The van der Waals surface area contributed by atoms with Gasteiger partial charge in [-0.15, -0.1) is 0 Å². The molecule has 0 unspecified atom stereocenters. The normalized spacial score (nSPS) is 10.3. The van der Waals surface area contributed by atoms with Gasteiger partial charge < -0.3 is 18.9 Å². The van der Waals surface area contributed by atoms with Crippen molar-refractivity contribution >= 4 is 49.1 Å². The van der Waals surface area contributed by atoms with Crippen LogP contribution in [0.1, 0.15) is 64.2 Å². The molecule has 0 heterocycles. The fraction of sp³-hybridized carbons (Fsp3) is 0.800. The molecular formula is C20H34O8S2. The predicted octanol–water partition coefficient (Wildman–Crippen LogP) is 2.92. The maximum absolute atomic E-state index is 11.6. The van der Waals surface area contributed by atoms with E-state index in [1.807, 2.05) is 0 Å². The summed E-state index contributed by atoms with van der Waals surface area (Å²) in [6.45, 7) is 1.14. The Hall–Kier alpha value is -1.42. The van der Waals surface area contributed by atoms with Crippen LogP contribution in [0.5, 0.6) is 0 Å². The minimum Gasteiger partial charge on any atom is -0.466 e. The van der Waals surface area contributed by atoms with E-state index in [0.717, 1.165) is 0 Å². The number of unbranched alkanes of at least 4 members (excludes halogenated alkanes) is 3. The molecule has 0 atom stereocenters. The molecule has 0 fully saturated rings. The van der Waals surface area contributed by atoms with Gasteiger partial charge in [-0.05, 0) is 38.5 Å². The molecule has 10 heteroatoms. The van der Waals surface area contributed by atoms with Gasteiger partial charge in [-0.25, -0.2) is 0 Å². The Balaban J connectivity index is 3.44. The predicted molar refractivity (Wildman–Crippen MR) is 118 cm³/mol. The van der Waals surface area contributed by atoms with Crippen LogP contribution in [0.2, 0.25) is 0 Å². The SMILES string of the molecule is O=C(CCCCC(=O)OCCCCOC(=O)CCCCC(=O)OCCS)OCCS. The largest absolute Gasteiger partial charge is 0.466 e. The number of hydrogen-bond acceptors (Lipinski definition) is 10. The number of ether oxygens (including phenoxy) is 4. The van der Waals surface area contributed by atoms with Gasteiger partial charge in [-0.1, -0.05) is 0 Å². The Labute approximate surface area is 189 Å². The lowest BCUT2D eigenvalue weighted by Crippen LogP contribution is -2.10. The minimum absolute atomic E-state index is 0.261. The lowest BCUT2D eigenvalue weighted by atomic mass is 10.2. The number of carbonyl (C=O) groups excluding carboxylic acids is 4. The first-order valence-corrected chi connectivity index (χ1v) is 11.6. The molecule has 30 heavy (non-hydrogen) atoms. The van der Waals surface area contributed by atoms with Crippen molar-refractivity contribution in [2.45, 2.75) is 64.2 Å². The van der Waals surface area contributed by atoms with Crippen LogP contribution in [0.15, 0.2) is 0 Å². The average molecular weight is 467 g/mol. The molecule has 0 aromatic carbocycles. The van der Waals surface area contributed by atoms with E-state index in [1.54, 1.807) is 0 Å². The summed E-state index contributed by atoms with van der Waals surface area (Å²) in [4.78, 5) is 45.7. The van der Waals surface area contributed by atoms with E-state index < -0.39 is 0 Å². The number of rotatable bonds is 19. The molecule has 0 saturated heterocycles. The van der Waals surface area contributed by atoms with Crippen LogP contribution in [0, 0.1) is 0 Å². The molecule has 0 N–H and O–H groups in total. The molecule has 174 valence electrons. The summed E-state index contributed by atoms with van der Waals surface area (Å²) in [5, 5.41) is 0. The van der Waals surface area contributed by atoms with Crippen molar-refractivity contribution in [1.82, 2.24) is 0 Å². The third-order valence-corrected chi connectivity index (χ3v) is 4.16. The summed E-state index contributed by atoms with van der Waals surface area (Å²) in [7, 11) is 0. The highest BCUT2D eigenvalue weighted by molar-refractivity contribution is 7.80. The van der Waals surface area contributed by atoms with E-state index in [1.165, 1.54) is 0 Å². The summed E-state index contributed by atoms with van der Waals surface area (Å²) in [5.41, 5.74) is 0.